The molecule has 3 N–H and O–H groups in total. The Morgan fingerprint density at radius 2 is 2.20 bits per heavy atom. The van der Waals surface area contributed by atoms with Gasteiger partial charge in [-0.15, -0.1) is 0 Å². The molecule has 1 aromatic heterocycles. The van der Waals surface area contributed by atoms with Crippen molar-refractivity contribution in [1.82, 2.24) is 10.4 Å². The van der Waals surface area contributed by atoms with Crippen molar-refractivity contribution in [2.24, 2.45) is 11.8 Å². The van der Waals surface area contributed by atoms with Gasteiger partial charge in [-0.25, -0.2) is 5.84 Å². The molecule has 0 radical (unpaired) electrons. The number of nitrogens with two attached hydrogens (primary N) is 1. The van der Waals surface area contributed by atoms with Gasteiger partial charge in [-0.3, -0.25) is 15.2 Å². The van der Waals surface area contributed by atoms with Crippen molar-refractivity contribution in [2.75, 3.05) is 0 Å². The summed E-state index contributed by atoms with van der Waals surface area (Å²) in [6, 6.07) is 3.52. The van der Waals surface area contributed by atoms with Gasteiger partial charge in [-0.05, 0) is 31.4 Å². The molecule has 0 aliphatic heterocycles. The van der Waals surface area contributed by atoms with Crippen LogP contribution in [0, 0.1) is 12.8 Å². The molecule has 0 aromatic carbocycles. The fraction of sp³-hybridized carbons (Fsp3) is 0.455. The Morgan fingerprint density at radius 3 is 2.73 bits per heavy atom. The maximum absolute atomic E-state index is 11.3. The molecule has 0 saturated carbocycles. The Kier molecular flexibility index (Phi) is 3.80. The second-order valence-electron chi connectivity index (χ2n) is 4.06. The van der Waals surface area contributed by atoms with Gasteiger partial charge in [0.15, 0.2) is 0 Å². The number of amides is 1. The lowest BCUT2D eigenvalue weighted by atomic mass is 10.1. The maximum Gasteiger partial charge on any atom is 0.265 e. The van der Waals surface area contributed by atoms with E-state index in [0.29, 0.717) is 11.5 Å². The smallest absolute Gasteiger partial charge is 0.265 e. The Labute approximate surface area is 89.9 Å². The predicted molar refractivity (Wildman–Crippen MR) is 59.2 cm³/mol. The number of hydrogen-bond acceptors (Lipinski definition) is 3. The number of hydrogen-bond donors (Lipinski definition) is 2. The lowest BCUT2D eigenvalue weighted by molar-refractivity contribution is 0.0953. The summed E-state index contributed by atoms with van der Waals surface area (Å²) in [6.45, 7) is 6.11. The molecule has 4 heteroatoms. The molecule has 0 aliphatic rings. The van der Waals surface area contributed by atoms with E-state index in [1.807, 2.05) is 6.92 Å². The first-order valence-corrected chi connectivity index (χ1v) is 5.01. The minimum Gasteiger partial charge on any atom is -0.290 e. The Bertz CT molecular complexity index is 361. The number of nitrogens with one attached hydrogen (secondary N) is 1. The number of rotatable bonds is 3. The summed E-state index contributed by atoms with van der Waals surface area (Å²) < 4.78 is 0. The molecule has 4 nitrogen and oxygen atoms in total. The topological polar surface area (TPSA) is 68.0 Å². The summed E-state index contributed by atoms with van der Waals surface area (Å²) in [5.74, 6) is 5.33. The van der Waals surface area contributed by atoms with Crippen LogP contribution in [0.4, 0.5) is 0 Å². The van der Waals surface area contributed by atoms with Crippen molar-refractivity contribution in [3.05, 3.63) is 29.1 Å². The third-order valence-electron chi connectivity index (χ3n) is 2.02. The molecule has 1 rings (SSSR count). The van der Waals surface area contributed by atoms with Crippen LogP contribution in [-0.2, 0) is 6.42 Å². The SMILES string of the molecule is Cc1cc(C(=O)NN)cc(CC(C)C)n1. The van der Waals surface area contributed by atoms with E-state index < -0.39 is 0 Å². The lowest BCUT2D eigenvalue weighted by Gasteiger charge is -2.07. The predicted octanol–water partition coefficient (Wildman–Crippen LogP) is 1.19. The van der Waals surface area contributed by atoms with Gasteiger partial charge >= 0.3 is 0 Å². The third-order valence-corrected chi connectivity index (χ3v) is 2.02. The van der Waals surface area contributed by atoms with Crippen molar-refractivity contribution >= 4 is 5.91 Å². The summed E-state index contributed by atoms with van der Waals surface area (Å²) in [6.07, 6.45) is 0.868. The van der Waals surface area contributed by atoms with E-state index in [1.165, 1.54) is 0 Å². The summed E-state index contributed by atoms with van der Waals surface area (Å²) in [5, 5.41) is 0. The second-order valence-corrected chi connectivity index (χ2v) is 4.06. The molecular weight excluding hydrogens is 190 g/mol. The van der Waals surface area contributed by atoms with Crippen molar-refractivity contribution < 1.29 is 4.79 Å². The third kappa shape index (κ3) is 3.32. The largest absolute Gasteiger partial charge is 0.290 e. The van der Waals surface area contributed by atoms with Crippen LogP contribution in [0.15, 0.2) is 12.1 Å². The van der Waals surface area contributed by atoms with Crippen LogP contribution in [-0.4, -0.2) is 10.9 Å². The van der Waals surface area contributed by atoms with Crippen LogP contribution in [0.3, 0.4) is 0 Å². The average molecular weight is 207 g/mol. The van der Waals surface area contributed by atoms with Gasteiger partial charge in [0.1, 0.15) is 0 Å². The molecule has 0 fully saturated rings. The zero-order chi connectivity index (χ0) is 11.4. The minimum atomic E-state index is -0.273. The van der Waals surface area contributed by atoms with Crippen LogP contribution >= 0.6 is 0 Å². The van der Waals surface area contributed by atoms with Crippen molar-refractivity contribution in [1.29, 1.82) is 0 Å². The van der Waals surface area contributed by atoms with Gasteiger partial charge < -0.3 is 0 Å². The Hall–Kier alpha value is -1.42. The number of pyridine rings is 1. The van der Waals surface area contributed by atoms with Gasteiger partial charge in [-0.2, -0.15) is 0 Å². The summed E-state index contributed by atoms with van der Waals surface area (Å²) in [4.78, 5) is 15.7. The van der Waals surface area contributed by atoms with E-state index >= 15 is 0 Å². The van der Waals surface area contributed by atoms with E-state index in [2.05, 4.69) is 24.3 Å². The Morgan fingerprint density at radius 1 is 1.53 bits per heavy atom. The highest BCUT2D eigenvalue weighted by Crippen LogP contribution is 2.10. The number of aryl methyl sites for hydroxylation is 1. The number of nitrogens with zero attached hydrogens (tertiary/aromatic N) is 1. The van der Waals surface area contributed by atoms with E-state index in [1.54, 1.807) is 12.1 Å². The summed E-state index contributed by atoms with van der Waals surface area (Å²) >= 11 is 0. The van der Waals surface area contributed by atoms with E-state index in [4.69, 9.17) is 5.84 Å². The van der Waals surface area contributed by atoms with Gasteiger partial charge in [0.25, 0.3) is 5.91 Å². The number of aromatic nitrogens is 1. The first-order valence-electron chi connectivity index (χ1n) is 5.01. The first-order chi connectivity index (χ1) is 7.02. The quantitative estimate of drug-likeness (QED) is 0.444. The highest BCUT2D eigenvalue weighted by atomic mass is 16.2. The molecule has 15 heavy (non-hydrogen) atoms. The van der Waals surface area contributed by atoms with Gasteiger partial charge in [0, 0.05) is 17.0 Å². The molecule has 0 aliphatic carbocycles. The van der Waals surface area contributed by atoms with Gasteiger partial charge in [0.2, 0.25) is 0 Å². The zero-order valence-corrected chi connectivity index (χ0v) is 9.37. The van der Waals surface area contributed by atoms with Crippen LogP contribution in [0.25, 0.3) is 0 Å². The molecule has 0 spiro atoms. The zero-order valence-electron chi connectivity index (χ0n) is 9.37. The summed E-state index contributed by atoms with van der Waals surface area (Å²) in [5.41, 5.74) is 4.47. The number of nitrogen functional groups attached to an aromatic ring is 1. The van der Waals surface area contributed by atoms with Gasteiger partial charge in [0.05, 0.1) is 0 Å². The number of carbonyl (C=O) groups excluding carboxylic acids is 1. The maximum atomic E-state index is 11.3. The van der Waals surface area contributed by atoms with Crippen molar-refractivity contribution in [3.8, 4) is 0 Å². The molecule has 1 heterocycles. The van der Waals surface area contributed by atoms with Gasteiger partial charge in [-0.1, -0.05) is 13.8 Å². The fourth-order valence-corrected chi connectivity index (χ4v) is 1.47. The number of hydrazine groups is 1. The normalized spacial score (nSPS) is 10.5. The van der Waals surface area contributed by atoms with Crippen LogP contribution < -0.4 is 11.3 Å². The molecule has 0 atom stereocenters. The fourth-order valence-electron chi connectivity index (χ4n) is 1.47. The molecule has 82 valence electrons. The molecule has 0 bridgehead atoms. The van der Waals surface area contributed by atoms with E-state index in [-0.39, 0.29) is 5.91 Å². The molecule has 1 aromatic rings. The average Bonchev–Trinajstić information content (AvgIpc) is 2.14. The number of carbonyl (C=O) groups is 1. The Balaban J connectivity index is 2.99. The monoisotopic (exact) mass is 207 g/mol. The molecule has 0 unspecified atom stereocenters. The molecular formula is C11H17N3O. The van der Waals surface area contributed by atoms with Crippen LogP contribution in [0.2, 0.25) is 0 Å². The highest BCUT2D eigenvalue weighted by molar-refractivity contribution is 5.93. The molecule has 0 saturated heterocycles. The van der Waals surface area contributed by atoms with Crippen LogP contribution in [0.1, 0.15) is 35.6 Å². The first kappa shape index (κ1) is 11.7. The van der Waals surface area contributed by atoms with Crippen molar-refractivity contribution in [3.63, 3.8) is 0 Å². The van der Waals surface area contributed by atoms with Crippen LogP contribution in [0.5, 0.6) is 0 Å². The molecule has 1 amide bonds. The highest BCUT2D eigenvalue weighted by Gasteiger charge is 2.07. The van der Waals surface area contributed by atoms with E-state index in [9.17, 15) is 4.79 Å². The lowest BCUT2D eigenvalue weighted by Crippen LogP contribution is -2.30. The standard InChI is InChI=1S/C11H17N3O/c1-7(2)4-10-6-9(11(15)14-12)5-8(3)13-10/h5-7H,4,12H2,1-3H3,(H,14,15). The van der Waals surface area contributed by atoms with Crippen molar-refractivity contribution in [2.45, 2.75) is 27.2 Å². The second kappa shape index (κ2) is 4.89. The minimum absolute atomic E-state index is 0.273. The van der Waals surface area contributed by atoms with E-state index in [0.717, 1.165) is 17.8 Å². The summed E-state index contributed by atoms with van der Waals surface area (Å²) in [7, 11) is 0.